The average Bonchev–Trinajstić information content (AvgIpc) is 2.97. The average molecular weight is 343 g/mol. The molecule has 5 heteroatoms. The Kier molecular flexibility index (Phi) is 4.80. The molecule has 2 bridgehead atoms. The van der Waals surface area contributed by atoms with E-state index in [-0.39, 0.29) is 5.97 Å². The summed E-state index contributed by atoms with van der Waals surface area (Å²) < 4.78 is 5.00. The van der Waals surface area contributed by atoms with Crippen LogP contribution in [0.5, 0.6) is 0 Å². The molecule has 1 aromatic rings. The number of hydrogen-bond acceptors (Lipinski definition) is 5. The second-order valence-corrected chi connectivity index (χ2v) is 7.79. The Morgan fingerprint density at radius 3 is 2.80 bits per heavy atom. The van der Waals surface area contributed by atoms with E-state index in [1.807, 2.05) is 12.1 Å². The van der Waals surface area contributed by atoms with Crippen LogP contribution in [0.3, 0.4) is 0 Å². The second kappa shape index (κ2) is 7.06. The maximum Gasteiger partial charge on any atom is 0.338 e. The lowest BCUT2D eigenvalue weighted by Crippen LogP contribution is -2.56. The molecule has 0 saturated carbocycles. The van der Waals surface area contributed by atoms with Crippen molar-refractivity contribution >= 4 is 5.97 Å². The minimum Gasteiger partial charge on any atom is -0.465 e. The van der Waals surface area contributed by atoms with Crippen molar-refractivity contribution in [2.45, 2.75) is 37.9 Å². The molecule has 3 saturated heterocycles. The predicted molar refractivity (Wildman–Crippen MR) is 97.6 cm³/mol. The summed E-state index contributed by atoms with van der Waals surface area (Å²) in [5.74, 6) is 0.631. The Morgan fingerprint density at radius 1 is 1.32 bits per heavy atom. The Balaban J connectivity index is 1.43. The van der Waals surface area contributed by atoms with Gasteiger partial charge in [0.05, 0.1) is 12.7 Å². The molecule has 2 unspecified atom stereocenters. The number of rotatable bonds is 5. The summed E-state index contributed by atoms with van der Waals surface area (Å²) in [5, 5.41) is 3.81. The van der Waals surface area contributed by atoms with Gasteiger partial charge in [-0.05, 0) is 69.1 Å². The van der Waals surface area contributed by atoms with E-state index in [1.54, 1.807) is 0 Å². The fourth-order valence-corrected chi connectivity index (χ4v) is 5.00. The summed E-state index contributed by atoms with van der Waals surface area (Å²) in [6, 6.07) is 6.94. The smallest absolute Gasteiger partial charge is 0.338 e. The molecule has 1 N–H and O–H groups in total. The molecule has 5 rings (SSSR count). The highest BCUT2D eigenvalue weighted by atomic mass is 16.5. The zero-order chi connectivity index (χ0) is 17.4. The molecule has 25 heavy (non-hydrogen) atoms. The van der Waals surface area contributed by atoms with Crippen LogP contribution < -0.4 is 5.32 Å². The van der Waals surface area contributed by atoms with Crippen LogP contribution in [0, 0.1) is 5.92 Å². The van der Waals surface area contributed by atoms with Crippen LogP contribution in [0.1, 0.15) is 46.8 Å². The van der Waals surface area contributed by atoms with Crippen molar-refractivity contribution in [3.8, 4) is 0 Å². The number of carbonyl (C=O) groups is 1. The van der Waals surface area contributed by atoms with E-state index in [0.717, 1.165) is 31.0 Å². The van der Waals surface area contributed by atoms with Crippen molar-refractivity contribution in [2.24, 2.45) is 5.92 Å². The number of fused-ring (bicyclic) bond motifs is 4. The maximum absolute atomic E-state index is 12.2. The first-order chi connectivity index (χ1) is 12.2. The first-order valence-electron chi connectivity index (χ1n) is 9.53. The van der Waals surface area contributed by atoms with Gasteiger partial charge in [0.2, 0.25) is 0 Å². The standard InChI is InChI=1S/C20H29N3O2/c1-22-12-15-4-3-5-16(20(24)25-2)19(15)18(22)6-9-21-17-13-23-10-7-14(17)8-11-23/h3-5,14,17-18,21H,6-13H2,1-2H3. The highest BCUT2D eigenvalue weighted by molar-refractivity contribution is 5.91. The summed E-state index contributed by atoms with van der Waals surface area (Å²) >= 11 is 0. The Hall–Kier alpha value is -1.43. The number of ether oxygens (including phenoxy) is 1. The van der Waals surface area contributed by atoms with Gasteiger partial charge in [0, 0.05) is 25.2 Å². The summed E-state index contributed by atoms with van der Waals surface area (Å²) in [6.07, 6.45) is 3.72. The van der Waals surface area contributed by atoms with E-state index in [2.05, 4.69) is 28.2 Å². The molecule has 0 radical (unpaired) electrons. The molecule has 4 heterocycles. The van der Waals surface area contributed by atoms with Crippen LogP contribution in [0.4, 0.5) is 0 Å². The van der Waals surface area contributed by atoms with Crippen molar-refractivity contribution in [1.29, 1.82) is 0 Å². The lowest BCUT2D eigenvalue weighted by molar-refractivity contribution is 0.0597. The van der Waals surface area contributed by atoms with Crippen molar-refractivity contribution < 1.29 is 9.53 Å². The molecule has 2 atom stereocenters. The van der Waals surface area contributed by atoms with Crippen LogP contribution >= 0.6 is 0 Å². The first-order valence-corrected chi connectivity index (χ1v) is 9.53. The number of piperidine rings is 3. The van der Waals surface area contributed by atoms with Crippen molar-refractivity contribution in [3.05, 3.63) is 34.9 Å². The molecule has 4 aliphatic rings. The van der Waals surface area contributed by atoms with Crippen LogP contribution in [0.25, 0.3) is 0 Å². The van der Waals surface area contributed by atoms with Crippen LogP contribution in [0.15, 0.2) is 18.2 Å². The molecule has 0 aromatic heterocycles. The zero-order valence-corrected chi connectivity index (χ0v) is 15.3. The van der Waals surface area contributed by atoms with Crippen LogP contribution in [-0.4, -0.2) is 62.1 Å². The number of hydrogen-bond donors (Lipinski definition) is 1. The van der Waals surface area contributed by atoms with E-state index in [1.165, 1.54) is 50.7 Å². The minimum atomic E-state index is -0.220. The number of carbonyl (C=O) groups excluding carboxylic acids is 1. The molecular formula is C20H29N3O2. The van der Waals surface area contributed by atoms with Gasteiger partial charge in [0.15, 0.2) is 0 Å². The Labute approximate surface area is 150 Å². The molecule has 5 nitrogen and oxygen atoms in total. The lowest BCUT2D eigenvalue weighted by Gasteiger charge is -2.45. The predicted octanol–water partition coefficient (Wildman–Crippen LogP) is 2.03. The maximum atomic E-state index is 12.2. The highest BCUT2D eigenvalue weighted by Crippen LogP contribution is 2.37. The molecule has 1 aromatic carbocycles. The molecule has 4 aliphatic heterocycles. The zero-order valence-electron chi connectivity index (χ0n) is 15.3. The fraction of sp³-hybridized carbons (Fsp3) is 0.650. The summed E-state index contributed by atoms with van der Waals surface area (Å²) in [5.41, 5.74) is 3.17. The third-order valence-corrected chi connectivity index (χ3v) is 6.37. The van der Waals surface area contributed by atoms with Crippen molar-refractivity contribution in [1.82, 2.24) is 15.1 Å². The second-order valence-electron chi connectivity index (χ2n) is 7.79. The van der Waals surface area contributed by atoms with Gasteiger partial charge in [-0.3, -0.25) is 4.90 Å². The van der Waals surface area contributed by atoms with Gasteiger partial charge in [-0.25, -0.2) is 4.79 Å². The topological polar surface area (TPSA) is 44.8 Å². The van der Waals surface area contributed by atoms with E-state index in [4.69, 9.17) is 4.74 Å². The van der Waals surface area contributed by atoms with Crippen LogP contribution in [-0.2, 0) is 11.3 Å². The van der Waals surface area contributed by atoms with Crippen LogP contribution in [0.2, 0.25) is 0 Å². The van der Waals surface area contributed by atoms with Gasteiger partial charge in [-0.1, -0.05) is 12.1 Å². The van der Waals surface area contributed by atoms with Gasteiger partial charge in [-0.2, -0.15) is 0 Å². The monoisotopic (exact) mass is 343 g/mol. The Bertz CT molecular complexity index is 640. The molecule has 0 amide bonds. The van der Waals surface area contributed by atoms with Gasteiger partial charge < -0.3 is 15.0 Å². The van der Waals surface area contributed by atoms with E-state index in [9.17, 15) is 4.79 Å². The van der Waals surface area contributed by atoms with Gasteiger partial charge in [0.25, 0.3) is 0 Å². The molecule has 0 aliphatic carbocycles. The van der Waals surface area contributed by atoms with Crippen molar-refractivity contribution in [2.75, 3.05) is 40.3 Å². The highest BCUT2D eigenvalue weighted by Gasteiger charge is 2.35. The fourth-order valence-electron chi connectivity index (χ4n) is 5.00. The first kappa shape index (κ1) is 17.0. The number of benzene rings is 1. The Morgan fingerprint density at radius 2 is 2.12 bits per heavy atom. The number of nitrogens with one attached hydrogen (secondary N) is 1. The summed E-state index contributed by atoms with van der Waals surface area (Å²) in [6.45, 7) is 5.67. The number of nitrogens with zero attached hydrogens (tertiary/aromatic N) is 2. The SMILES string of the molecule is COC(=O)c1cccc2c1C(CCNC1CN3CCC1CC3)N(C)C2. The molecular weight excluding hydrogens is 314 g/mol. The summed E-state index contributed by atoms with van der Waals surface area (Å²) in [7, 11) is 3.62. The molecule has 0 spiro atoms. The normalized spacial score (nSPS) is 31.1. The quantitative estimate of drug-likeness (QED) is 0.829. The lowest BCUT2D eigenvalue weighted by atomic mass is 9.84. The summed E-state index contributed by atoms with van der Waals surface area (Å²) in [4.78, 5) is 17.1. The third kappa shape index (κ3) is 3.21. The molecule has 3 fully saturated rings. The van der Waals surface area contributed by atoms with Gasteiger partial charge in [-0.15, -0.1) is 0 Å². The van der Waals surface area contributed by atoms with E-state index in [0.29, 0.717) is 12.1 Å². The number of esters is 1. The van der Waals surface area contributed by atoms with E-state index >= 15 is 0 Å². The van der Waals surface area contributed by atoms with Gasteiger partial charge >= 0.3 is 5.97 Å². The van der Waals surface area contributed by atoms with Gasteiger partial charge in [0.1, 0.15) is 0 Å². The number of methoxy groups -OCH3 is 1. The van der Waals surface area contributed by atoms with E-state index < -0.39 is 0 Å². The third-order valence-electron chi connectivity index (χ3n) is 6.37. The largest absolute Gasteiger partial charge is 0.465 e. The van der Waals surface area contributed by atoms with Crippen molar-refractivity contribution in [3.63, 3.8) is 0 Å². The molecule has 136 valence electrons. The minimum absolute atomic E-state index is 0.220.